The van der Waals surface area contributed by atoms with Crippen LogP contribution in [0.5, 0.6) is 5.75 Å². The first-order valence-electron chi connectivity index (χ1n) is 6.38. The van der Waals surface area contributed by atoms with Gasteiger partial charge in [-0.15, -0.1) is 0 Å². The average molecular weight is 311 g/mol. The molecule has 1 heterocycles. The number of benzene rings is 1. The first-order valence-corrected chi connectivity index (χ1v) is 7.14. The highest BCUT2D eigenvalue weighted by molar-refractivity contribution is 6.31. The van der Waals surface area contributed by atoms with E-state index in [0.717, 1.165) is 28.6 Å². The van der Waals surface area contributed by atoms with Gasteiger partial charge in [0.05, 0.1) is 10.7 Å². The SMILES string of the molecule is CCc1cc(OCc2nc(NC)ccc2Cl)ccc1Cl. The lowest BCUT2D eigenvalue weighted by Crippen LogP contribution is -2.02. The molecule has 0 aliphatic heterocycles. The van der Waals surface area contributed by atoms with Crippen molar-refractivity contribution in [2.24, 2.45) is 0 Å². The van der Waals surface area contributed by atoms with Gasteiger partial charge in [0.25, 0.3) is 0 Å². The third-order valence-corrected chi connectivity index (χ3v) is 3.66. The van der Waals surface area contributed by atoms with Gasteiger partial charge in [-0.05, 0) is 42.3 Å². The Balaban J connectivity index is 2.12. The molecule has 0 amide bonds. The number of aromatic nitrogens is 1. The number of ether oxygens (including phenoxy) is 1. The predicted molar refractivity (Wildman–Crippen MR) is 84.0 cm³/mol. The summed E-state index contributed by atoms with van der Waals surface area (Å²) in [5.74, 6) is 1.53. The molecule has 0 bridgehead atoms. The van der Waals surface area contributed by atoms with Gasteiger partial charge in [0.2, 0.25) is 0 Å². The van der Waals surface area contributed by atoms with E-state index >= 15 is 0 Å². The molecule has 0 unspecified atom stereocenters. The zero-order valence-corrected chi connectivity index (χ0v) is 12.9. The average Bonchev–Trinajstić information content (AvgIpc) is 2.47. The van der Waals surface area contributed by atoms with Crippen LogP contribution < -0.4 is 10.1 Å². The van der Waals surface area contributed by atoms with Gasteiger partial charge in [0, 0.05) is 12.1 Å². The van der Waals surface area contributed by atoms with Crippen LogP contribution in [0, 0.1) is 0 Å². The topological polar surface area (TPSA) is 34.1 Å². The third-order valence-electron chi connectivity index (χ3n) is 2.95. The second kappa shape index (κ2) is 6.82. The van der Waals surface area contributed by atoms with E-state index in [2.05, 4.69) is 17.2 Å². The Morgan fingerprint density at radius 1 is 1.15 bits per heavy atom. The summed E-state index contributed by atoms with van der Waals surface area (Å²) in [6.07, 6.45) is 0.865. The number of nitrogens with one attached hydrogen (secondary N) is 1. The summed E-state index contributed by atoms with van der Waals surface area (Å²) in [5, 5.41) is 4.32. The van der Waals surface area contributed by atoms with Gasteiger partial charge in [-0.1, -0.05) is 30.1 Å². The monoisotopic (exact) mass is 310 g/mol. The molecule has 1 aromatic carbocycles. The first-order chi connectivity index (χ1) is 9.63. The highest BCUT2D eigenvalue weighted by Crippen LogP contribution is 2.24. The standard InChI is InChI=1S/C15H16Cl2N2O/c1-3-10-8-11(4-5-12(10)16)20-9-14-13(17)6-7-15(18-2)19-14/h4-8H,3,9H2,1-2H3,(H,18,19). The maximum absolute atomic E-state index is 6.11. The van der Waals surface area contributed by atoms with Gasteiger partial charge in [0.1, 0.15) is 18.2 Å². The van der Waals surface area contributed by atoms with Crippen LogP contribution in [0.3, 0.4) is 0 Å². The predicted octanol–water partition coefficient (Wildman–Crippen LogP) is 4.57. The number of pyridine rings is 1. The summed E-state index contributed by atoms with van der Waals surface area (Å²) in [6, 6.07) is 9.26. The van der Waals surface area contributed by atoms with Gasteiger partial charge in [-0.25, -0.2) is 4.98 Å². The molecule has 0 spiro atoms. The Morgan fingerprint density at radius 2 is 1.90 bits per heavy atom. The van der Waals surface area contributed by atoms with E-state index in [1.807, 2.05) is 31.3 Å². The molecule has 1 aromatic heterocycles. The number of hydrogen-bond donors (Lipinski definition) is 1. The largest absolute Gasteiger partial charge is 0.487 e. The summed E-state index contributed by atoms with van der Waals surface area (Å²) in [7, 11) is 1.81. The molecule has 2 aromatic rings. The highest BCUT2D eigenvalue weighted by Gasteiger charge is 2.06. The summed E-state index contributed by atoms with van der Waals surface area (Å²) >= 11 is 12.2. The van der Waals surface area contributed by atoms with Crippen LogP contribution in [0.15, 0.2) is 30.3 Å². The van der Waals surface area contributed by atoms with Gasteiger partial charge >= 0.3 is 0 Å². The number of halogens is 2. The maximum atomic E-state index is 6.11. The third kappa shape index (κ3) is 3.56. The fourth-order valence-corrected chi connectivity index (χ4v) is 2.20. The summed E-state index contributed by atoms with van der Waals surface area (Å²) in [5.41, 5.74) is 1.76. The van der Waals surface area contributed by atoms with Crippen molar-refractivity contribution in [1.29, 1.82) is 0 Å². The van der Waals surface area contributed by atoms with E-state index in [9.17, 15) is 0 Å². The molecule has 2 rings (SSSR count). The zero-order chi connectivity index (χ0) is 14.5. The molecule has 5 heteroatoms. The molecule has 0 atom stereocenters. The van der Waals surface area contributed by atoms with Gasteiger partial charge in [-0.3, -0.25) is 0 Å². The highest BCUT2D eigenvalue weighted by atomic mass is 35.5. The van der Waals surface area contributed by atoms with Gasteiger partial charge in [0.15, 0.2) is 0 Å². The van der Waals surface area contributed by atoms with E-state index in [1.54, 1.807) is 6.07 Å². The fourth-order valence-electron chi connectivity index (χ4n) is 1.79. The quantitative estimate of drug-likeness (QED) is 0.878. The van der Waals surface area contributed by atoms with Crippen LogP contribution in [0.2, 0.25) is 10.0 Å². The Bertz CT molecular complexity index is 602. The Labute approximate surface area is 128 Å². The van der Waals surface area contributed by atoms with Crippen LogP contribution in [-0.2, 0) is 13.0 Å². The molecule has 0 aliphatic carbocycles. The molecule has 0 fully saturated rings. The molecule has 0 saturated heterocycles. The van der Waals surface area contributed by atoms with Crippen molar-refractivity contribution < 1.29 is 4.74 Å². The summed E-state index contributed by atoms with van der Waals surface area (Å²) in [6.45, 7) is 2.37. The van der Waals surface area contributed by atoms with E-state index in [-0.39, 0.29) is 0 Å². The minimum atomic E-state index is 0.319. The van der Waals surface area contributed by atoms with Gasteiger partial charge < -0.3 is 10.1 Å². The summed E-state index contributed by atoms with van der Waals surface area (Å²) < 4.78 is 5.74. The first kappa shape index (κ1) is 14.9. The van der Waals surface area contributed by atoms with Crippen molar-refractivity contribution in [1.82, 2.24) is 4.98 Å². The van der Waals surface area contributed by atoms with Crippen molar-refractivity contribution in [2.75, 3.05) is 12.4 Å². The maximum Gasteiger partial charge on any atom is 0.132 e. The van der Waals surface area contributed by atoms with E-state index in [0.29, 0.717) is 17.3 Å². The molecular formula is C15H16Cl2N2O. The Morgan fingerprint density at radius 3 is 2.60 bits per heavy atom. The zero-order valence-electron chi connectivity index (χ0n) is 11.4. The van der Waals surface area contributed by atoms with Crippen LogP contribution in [0.4, 0.5) is 5.82 Å². The molecular weight excluding hydrogens is 295 g/mol. The normalized spacial score (nSPS) is 10.4. The van der Waals surface area contributed by atoms with E-state index in [4.69, 9.17) is 27.9 Å². The Hall–Kier alpha value is -1.45. The summed E-state index contributed by atoms with van der Waals surface area (Å²) in [4.78, 5) is 4.37. The molecule has 1 N–H and O–H groups in total. The number of aryl methyl sites for hydroxylation is 1. The molecule has 0 saturated carbocycles. The van der Waals surface area contributed by atoms with Crippen molar-refractivity contribution in [3.63, 3.8) is 0 Å². The number of nitrogens with zero attached hydrogens (tertiary/aromatic N) is 1. The second-order valence-corrected chi connectivity index (χ2v) is 5.08. The van der Waals surface area contributed by atoms with Crippen molar-refractivity contribution in [3.05, 3.63) is 51.6 Å². The number of hydrogen-bond acceptors (Lipinski definition) is 3. The van der Waals surface area contributed by atoms with Crippen LogP contribution >= 0.6 is 23.2 Å². The molecule has 106 valence electrons. The molecule has 0 radical (unpaired) electrons. The Kier molecular flexibility index (Phi) is 5.10. The minimum absolute atomic E-state index is 0.319. The number of rotatable bonds is 5. The molecule has 0 aliphatic rings. The van der Waals surface area contributed by atoms with Crippen LogP contribution in [0.25, 0.3) is 0 Å². The van der Waals surface area contributed by atoms with Gasteiger partial charge in [-0.2, -0.15) is 0 Å². The van der Waals surface area contributed by atoms with Crippen molar-refractivity contribution >= 4 is 29.0 Å². The molecule has 3 nitrogen and oxygen atoms in total. The number of anilines is 1. The second-order valence-electron chi connectivity index (χ2n) is 4.27. The van der Waals surface area contributed by atoms with Crippen LogP contribution in [-0.4, -0.2) is 12.0 Å². The lowest BCUT2D eigenvalue weighted by atomic mass is 10.1. The van der Waals surface area contributed by atoms with Crippen LogP contribution in [0.1, 0.15) is 18.2 Å². The lowest BCUT2D eigenvalue weighted by Gasteiger charge is -2.10. The fraction of sp³-hybridized carbons (Fsp3) is 0.267. The lowest BCUT2D eigenvalue weighted by molar-refractivity contribution is 0.301. The molecule has 20 heavy (non-hydrogen) atoms. The van der Waals surface area contributed by atoms with E-state index < -0.39 is 0 Å². The van der Waals surface area contributed by atoms with Crippen molar-refractivity contribution in [2.45, 2.75) is 20.0 Å². The minimum Gasteiger partial charge on any atom is -0.487 e. The smallest absolute Gasteiger partial charge is 0.132 e. The van der Waals surface area contributed by atoms with E-state index in [1.165, 1.54) is 0 Å². The van der Waals surface area contributed by atoms with Crippen molar-refractivity contribution in [3.8, 4) is 5.75 Å².